The molecule has 1 atom stereocenters. The van der Waals surface area contributed by atoms with Gasteiger partial charge in [-0.3, -0.25) is 4.21 Å². The Morgan fingerprint density at radius 1 is 1.13 bits per heavy atom. The van der Waals surface area contributed by atoms with Crippen molar-refractivity contribution in [1.82, 2.24) is 4.98 Å². The number of carbonyl (C=O) groups is 1. The molecule has 1 unspecified atom stereocenters. The van der Waals surface area contributed by atoms with E-state index in [2.05, 4.69) is 4.98 Å². The van der Waals surface area contributed by atoms with Gasteiger partial charge in [-0.2, -0.15) is 0 Å². The Labute approximate surface area is 134 Å². The van der Waals surface area contributed by atoms with Gasteiger partial charge in [0.05, 0.1) is 27.6 Å². The molecule has 0 fully saturated rings. The van der Waals surface area contributed by atoms with E-state index in [0.29, 0.717) is 16.5 Å². The van der Waals surface area contributed by atoms with Gasteiger partial charge in [-0.15, -0.1) is 0 Å². The van der Waals surface area contributed by atoms with Gasteiger partial charge in [0.1, 0.15) is 10.8 Å². The van der Waals surface area contributed by atoms with Crippen LogP contribution in [0, 0.1) is 5.82 Å². The van der Waals surface area contributed by atoms with Crippen LogP contribution in [-0.4, -0.2) is 20.3 Å². The van der Waals surface area contributed by atoms with Crippen LogP contribution in [0.5, 0.6) is 0 Å². The third kappa shape index (κ3) is 3.27. The lowest BCUT2D eigenvalue weighted by Gasteiger charge is -2.08. The molecule has 0 radical (unpaired) electrons. The Morgan fingerprint density at radius 3 is 2.52 bits per heavy atom. The van der Waals surface area contributed by atoms with E-state index in [9.17, 15) is 18.5 Å². The van der Waals surface area contributed by atoms with E-state index in [0.717, 1.165) is 0 Å². The molecule has 116 valence electrons. The van der Waals surface area contributed by atoms with Gasteiger partial charge >= 0.3 is 5.97 Å². The molecule has 1 N–H and O–H groups in total. The zero-order valence-corrected chi connectivity index (χ0v) is 12.7. The summed E-state index contributed by atoms with van der Waals surface area (Å²) in [5.41, 5.74) is 1.15. The highest BCUT2D eigenvalue weighted by atomic mass is 32.2. The Bertz CT molecular complexity index is 909. The summed E-state index contributed by atoms with van der Waals surface area (Å²) in [6, 6.07) is 14.1. The number of hydrogen-bond acceptors (Lipinski definition) is 3. The summed E-state index contributed by atoms with van der Waals surface area (Å²) in [7, 11) is -1.64. The summed E-state index contributed by atoms with van der Waals surface area (Å²) in [5, 5.41) is 10.1. The number of pyridine rings is 1. The van der Waals surface area contributed by atoms with E-state index in [1.165, 1.54) is 30.3 Å². The van der Waals surface area contributed by atoms with Crippen LogP contribution in [0.4, 0.5) is 4.39 Å². The number of aromatic carboxylic acids is 1. The van der Waals surface area contributed by atoms with Crippen LogP contribution >= 0.6 is 0 Å². The lowest BCUT2D eigenvalue weighted by Crippen LogP contribution is -2.08. The quantitative estimate of drug-likeness (QED) is 0.797. The summed E-state index contributed by atoms with van der Waals surface area (Å²) in [4.78, 5) is 15.7. The number of carboxylic acids is 1. The molecule has 0 spiro atoms. The molecule has 23 heavy (non-hydrogen) atoms. The van der Waals surface area contributed by atoms with Crippen LogP contribution in [0.1, 0.15) is 15.9 Å². The molecule has 2 aromatic carbocycles. The topological polar surface area (TPSA) is 67.3 Å². The number of hydrogen-bond donors (Lipinski definition) is 1. The first-order valence-corrected chi connectivity index (χ1v) is 8.12. The molecule has 0 bridgehead atoms. The molecule has 1 aromatic heterocycles. The van der Waals surface area contributed by atoms with Crippen LogP contribution < -0.4 is 0 Å². The fourth-order valence-electron chi connectivity index (χ4n) is 2.23. The van der Waals surface area contributed by atoms with E-state index in [4.69, 9.17) is 0 Å². The van der Waals surface area contributed by atoms with Crippen LogP contribution in [0.2, 0.25) is 0 Å². The van der Waals surface area contributed by atoms with Gasteiger partial charge in [-0.25, -0.2) is 14.2 Å². The Hall–Kier alpha value is -2.60. The summed E-state index contributed by atoms with van der Waals surface area (Å²) in [5.74, 6) is -1.48. The molecule has 6 heteroatoms. The molecule has 0 saturated heterocycles. The van der Waals surface area contributed by atoms with Crippen LogP contribution in [0.25, 0.3) is 10.9 Å². The molecule has 1 heterocycles. The van der Waals surface area contributed by atoms with Crippen LogP contribution in [0.3, 0.4) is 0 Å². The second-order valence-corrected chi connectivity index (χ2v) is 6.32. The number of fused-ring (bicyclic) bond motifs is 1. The van der Waals surface area contributed by atoms with Gasteiger partial charge in [0.2, 0.25) is 0 Å². The minimum atomic E-state index is -1.64. The number of benzene rings is 2. The normalized spacial score (nSPS) is 12.2. The molecule has 0 aliphatic heterocycles. The van der Waals surface area contributed by atoms with Crippen molar-refractivity contribution < 1.29 is 18.5 Å². The second kappa shape index (κ2) is 6.26. The third-order valence-corrected chi connectivity index (χ3v) is 4.68. The van der Waals surface area contributed by atoms with Crippen LogP contribution in [-0.2, 0) is 16.6 Å². The molecular formula is C17H12FNO3S. The SMILES string of the molecule is O=C(O)c1cc2ccccc2nc1S(=O)Cc1ccc(F)cc1. The van der Waals surface area contributed by atoms with Crippen molar-refractivity contribution in [2.45, 2.75) is 10.8 Å². The van der Waals surface area contributed by atoms with E-state index in [-0.39, 0.29) is 22.2 Å². The zero-order valence-electron chi connectivity index (χ0n) is 11.9. The number of rotatable bonds is 4. The van der Waals surface area contributed by atoms with Crippen molar-refractivity contribution in [2.24, 2.45) is 0 Å². The zero-order chi connectivity index (χ0) is 16.4. The molecule has 3 rings (SSSR count). The van der Waals surface area contributed by atoms with E-state index in [1.54, 1.807) is 24.3 Å². The number of nitrogens with zero attached hydrogens (tertiary/aromatic N) is 1. The van der Waals surface area contributed by atoms with E-state index < -0.39 is 16.8 Å². The lowest BCUT2D eigenvalue weighted by atomic mass is 10.1. The molecule has 0 aliphatic carbocycles. The van der Waals surface area contributed by atoms with E-state index in [1.807, 2.05) is 0 Å². The molecule has 0 aliphatic rings. The average molecular weight is 329 g/mol. The number of para-hydroxylation sites is 1. The van der Waals surface area contributed by atoms with Crippen LogP contribution in [0.15, 0.2) is 59.6 Å². The van der Waals surface area contributed by atoms with Crippen molar-refractivity contribution in [1.29, 1.82) is 0 Å². The van der Waals surface area contributed by atoms with Crippen molar-refractivity contribution in [3.8, 4) is 0 Å². The summed E-state index contributed by atoms with van der Waals surface area (Å²) in [6.45, 7) is 0. The highest BCUT2D eigenvalue weighted by Crippen LogP contribution is 2.21. The number of aromatic nitrogens is 1. The lowest BCUT2D eigenvalue weighted by molar-refractivity contribution is 0.0692. The summed E-state index contributed by atoms with van der Waals surface area (Å²) >= 11 is 0. The third-order valence-electron chi connectivity index (χ3n) is 3.35. The van der Waals surface area contributed by atoms with Gasteiger partial charge in [-0.05, 0) is 29.8 Å². The first kappa shape index (κ1) is 15.3. The predicted octanol–water partition coefficient (Wildman–Crippen LogP) is 3.38. The molecule has 0 amide bonds. The molecule has 0 saturated carbocycles. The maximum Gasteiger partial charge on any atom is 0.338 e. The van der Waals surface area contributed by atoms with Gasteiger partial charge in [0.15, 0.2) is 0 Å². The van der Waals surface area contributed by atoms with Crippen molar-refractivity contribution in [3.05, 3.63) is 71.5 Å². The maximum atomic E-state index is 12.9. The fourth-order valence-corrected chi connectivity index (χ4v) is 3.45. The average Bonchev–Trinajstić information content (AvgIpc) is 2.55. The van der Waals surface area contributed by atoms with Gasteiger partial charge in [0, 0.05) is 5.39 Å². The number of carboxylic acid groups (broad SMARTS) is 1. The van der Waals surface area contributed by atoms with Crippen molar-refractivity contribution in [3.63, 3.8) is 0 Å². The van der Waals surface area contributed by atoms with E-state index >= 15 is 0 Å². The standard InChI is InChI=1S/C17H12FNO3S/c18-13-7-5-11(6-8-13)10-23(22)16-14(17(20)21)9-12-3-1-2-4-15(12)19-16/h1-9H,10H2,(H,20,21). The first-order valence-electron chi connectivity index (χ1n) is 6.80. The minimum absolute atomic E-state index is 0.0283. The number of halogens is 1. The van der Waals surface area contributed by atoms with Crippen molar-refractivity contribution in [2.75, 3.05) is 0 Å². The Morgan fingerprint density at radius 2 is 1.83 bits per heavy atom. The first-order chi connectivity index (χ1) is 11.0. The summed E-state index contributed by atoms with van der Waals surface area (Å²) < 4.78 is 25.5. The van der Waals surface area contributed by atoms with Gasteiger partial charge in [-0.1, -0.05) is 30.3 Å². The Balaban J connectivity index is 2.02. The largest absolute Gasteiger partial charge is 0.478 e. The van der Waals surface area contributed by atoms with Gasteiger partial charge < -0.3 is 5.11 Å². The van der Waals surface area contributed by atoms with Crippen molar-refractivity contribution >= 4 is 27.7 Å². The Kier molecular flexibility index (Phi) is 4.16. The highest BCUT2D eigenvalue weighted by molar-refractivity contribution is 7.84. The minimum Gasteiger partial charge on any atom is -0.478 e. The highest BCUT2D eigenvalue weighted by Gasteiger charge is 2.18. The predicted molar refractivity (Wildman–Crippen MR) is 85.2 cm³/mol. The molecule has 3 aromatic rings. The molecular weight excluding hydrogens is 317 g/mol. The summed E-state index contributed by atoms with van der Waals surface area (Å²) in [6.07, 6.45) is 0. The monoisotopic (exact) mass is 329 g/mol. The fraction of sp³-hybridized carbons (Fsp3) is 0.0588. The second-order valence-electron chi connectivity index (χ2n) is 4.96. The smallest absolute Gasteiger partial charge is 0.338 e. The molecule has 4 nitrogen and oxygen atoms in total. The van der Waals surface area contributed by atoms with Gasteiger partial charge in [0.25, 0.3) is 0 Å². The maximum absolute atomic E-state index is 12.9.